The lowest BCUT2D eigenvalue weighted by Crippen LogP contribution is -2.32. The monoisotopic (exact) mass is 331 g/mol. The smallest absolute Gasteiger partial charge is 0.0459 e. The third-order valence-electron chi connectivity index (χ3n) is 5.82. The molecule has 2 aliphatic rings. The van der Waals surface area contributed by atoms with Crippen molar-refractivity contribution in [2.24, 2.45) is 0 Å². The molecule has 0 unspecified atom stereocenters. The van der Waals surface area contributed by atoms with Crippen LogP contribution >= 0.6 is 0 Å². The van der Waals surface area contributed by atoms with E-state index in [9.17, 15) is 0 Å². The lowest BCUT2D eigenvalue weighted by atomic mass is 10.0. The molecule has 3 aromatic rings. The van der Waals surface area contributed by atoms with Crippen molar-refractivity contribution in [2.75, 3.05) is 19.6 Å². The number of benzene rings is 2. The number of hydrogen-bond donors (Lipinski definition) is 1. The molecule has 3 nitrogen and oxygen atoms in total. The van der Waals surface area contributed by atoms with Gasteiger partial charge in [-0.25, -0.2) is 0 Å². The molecule has 3 heterocycles. The van der Waals surface area contributed by atoms with Gasteiger partial charge in [-0.05, 0) is 42.1 Å². The van der Waals surface area contributed by atoms with Crippen LogP contribution in [0.3, 0.4) is 0 Å². The second kappa shape index (κ2) is 6.32. The number of fused-ring (bicyclic) bond motifs is 4. The molecule has 2 aromatic carbocycles. The Bertz CT molecular complexity index is 870. The molecule has 1 N–H and O–H groups in total. The minimum atomic E-state index is 1.07. The van der Waals surface area contributed by atoms with E-state index in [0.29, 0.717) is 0 Å². The highest BCUT2D eigenvalue weighted by molar-refractivity contribution is 5.84. The fraction of sp³-hybridized carbons (Fsp3) is 0.364. The molecule has 0 aliphatic carbocycles. The van der Waals surface area contributed by atoms with Gasteiger partial charge >= 0.3 is 0 Å². The van der Waals surface area contributed by atoms with E-state index in [-0.39, 0.29) is 0 Å². The Morgan fingerprint density at radius 3 is 2.36 bits per heavy atom. The van der Waals surface area contributed by atoms with Gasteiger partial charge in [0.25, 0.3) is 0 Å². The number of rotatable bonds is 4. The number of nitrogens with one attached hydrogen (secondary N) is 1. The fourth-order valence-corrected chi connectivity index (χ4v) is 4.52. The van der Waals surface area contributed by atoms with Gasteiger partial charge in [-0.15, -0.1) is 0 Å². The minimum Gasteiger partial charge on any atom is -0.357 e. The van der Waals surface area contributed by atoms with Crippen molar-refractivity contribution in [1.29, 1.82) is 0 Å². The first kappa shape index (κ1) is 15.2. The third-order valence-corrected chi connectivity index (χ3v) is 5.82. The summed E-state index contributed by atoms with van der Waals surface area (Å²) < 4.78 is 0. The van der Waals surface area contributed by atoms with Crippen molar-refractivity contribution < 1.29 is 0 Å². The van der Waals surface area contributed by atoms with Crippen LogP contribution in [0.1, 0.15) is 28.8 Å². The van der Waals surface area contributed by atoms with Gasteiger partial charge in [-0.3, -0.25) is 9.80 Å². The third kappa shape index (κ3) is 2.88. The van der Waals surface area contributed by atoms with Gasteiger partial charge in [0.15, 0.2) is 0 Å². The topological polar surface area (TPSA) is 22.3 Å². The van der Waals surface area contributed by atoms with Crippen LogP contribution in [0.2, 0.25) is 0 Å². The maximum atomic E-state index is 3.64. The summed E-state index contributed by atoms with van der Waals surface area (Å²) >= 11 is 0. The van der Waals surface area contributed by atoms with Crippen molar-refractivity contribution >= 4 is 10.9 Å². The maximum absolute atomic E-state index is 3.64. The highest BCUT2D eigenvalue weighted by Gasteiger charge is 2.21. The van der Waals surface area contributed by atoms with Crippen LogP contribution in [-0.4, -0.2) is 34.4 Å². The van der Waals surface area contributed by atoms with Gasteiger partial charge in [0.05, 0.1) is 0 Å². The van der Waals surface area contributed by atoms with E-state index in [4.69, 9.17) is 0 Å². The van der Waals surface area contributed by atoms with Crippen LogP contribution in [0, 0.1) is 0 Å². The van der Waals surface area contributed by atoms with Gasteiger partial charge in [-0.1, -0.05) is 42.5 Å². The Balaban J connectivity index is 1.17. The number of H-pyrrole nitrogens is 1. The van der Waals surface area contributed by atoms with E-state index in [1.807, 2.05) is 0 Å². The summed E-state index contributed by atoms with van der Waals surface area (Å²) in [5.41, 5.74) is 7.30. The maximum Gasteiger partial charge on any atom is 0.0459 e. The zero-order valence-electron chi connectivity index (χ0n) is 14.7. The van der Waals surface area contributed by atoms with Crippen LogP contribution in [0.15, 0.2) is 48.5 Å². The quantitative estimate of drug-likeness (QED) is 0.782. The van der Waals surface area contributed by atoms with Crippen molar-refractivity contribution in [3.05, 3.63) is 70.9 Å². The number of nitrogens with zero attached hydrogens (tertiary/aromatic N) is 2. The van der Waals surface area contributed by atoms with Crippen molar-refractivity contribution in [3.8, 4) is 0 Å². The predicted molar refractivity (Wildman–Crippen MR) is 102 cm³/mol. The largest absolute Gasteiger partial charge is 0.357 e. The Morgan fingerprint density at radius 2 is 1.52 bits per heavy atom. The van der Waals surface area contributed by atoms with Crippen LogP contribution in [0.25, 0.3) is 10.9 Å². The summed E-state index contributed by atoms with van der Waals surface area (Å²) in [6, 6.07) is 17.6. The van der Waals surface area contributed by atoms with E-state index in [1.165, 1.54) is 60.2 Å². The Labute approximate surface area is 149 Å². The Kier molecular flexibility index (Phi) is 3.84. The molecule has 0 amide bonds. The first-order valence-corrected chi connectivity index (χ1v) is 9.47. The lowest BCUT2D eigenvalue weighted by molar-refractivity contribution is 0.216. The summed E-state index contributed by atoms with van der Waals surface area (Å²) in [6.45, 7) is 6.91. The second-order valence-corrected chi connectivity index (χ2v) is 7.49. The minimum absolute atomic E-state index is 1.07. The summed E-state index contributed by atoms with van der Waals surface area (Å²) in [5.74, 6) is 0. The van der Waals surface area contributed by atoms with E-state index >= 15 is 0 Å². The normalized spacial score (nSPS) is 17.8. The molecule has 0 saturated heterocycles. The van der Waals surface area contributed by atoms with Gasteiger partial charge in [0, 0.05) is 49.3 Å². The zero-order chi connectivity index (χ0) is 16.6. The molecular weight excluding hydrogens is 306 g/mol. The molecule has 0 atom stereocenters. The average molecular weight is 331 g/mol. The summed E-state index contributed by atoms with van der Waals surface area (Å²) in [5, 5.41) is 1.42. The first-order chi connectivity index (χ1) is 12.4. The molecule has 128 valence electrons. The molecular formula is C22H25N3. The molecule has 25 heavy (non-hydrogen) atoms. The molecule has 0 saturated carbocycles. The molecule has 1 aromatic heterocycles. The molecule has 0 bridgehead atoms. The van der Waals surface area contributed by atoms with Gasteiger partial charge in [0.1, 0.15) is 0 Å². The molecule has 2 aliphatic heterocycles. The Morgan fingerprint density at radius 1 is 0.800 bits per heavy atom. The highest BCUT2D eigenvalue weighted by Crippen LogP contribution is 2.27. The molecule has 5 rings (SSSR count). The fourth-order valence-electron chi connectivity index (χ4n) is 4.52. The second-order valence-electron chi connectivity index (χ2n) is 7.49. The lowest BCUT2D eigenvalue weighted by Gasteiger charge is -2.27. The van der Waals surface area contributed by atoms with Crippen LogP contribution in [-0.2, 0) is 26.1 Å². The van der Waals surface area contributed by atoms with E-state index in [0.717, 1.165) is 19.6 Å². The standard InChI is InChI=1S/C22H25N3/c1-2-7-18-15-25(14-17(18)6-1)12-5-11-24-13-10-20-19-8-3-4-9-21(19)23-22(20)16-24/h1-4,6-9,23H,5,10-16H2. The zero-order valence-corrected chi connectivity index (χ0v) is 14.7. The van der Waals surface area contributed by atoms with Crippen LogP contribution in [0.5, 0.6) is 0 Å². The molecule has 0 radical (unpaired) electrons. The SMILES string of the molecule is c1ccc2c(c1)CN(CCCN1CCc3c([nH]c4ccccc34)C1)C2. The summed E-state index contributed by atoms with van der Waals surface area (Å²) in [6.07, 6.45) is 2.43. The van der Waals surface area contributed by atoms with Crippen molar-refractivity contribution in [3.63, 3.8) is 0 Å². The highest BCUT2D eigenvalue weighted by atomic mass is 15.2. The average Bonchev–Trinajstić information content (AvgIpc) is 3.21. The first-order valence-electron chi connectivity index (χ1n) is 9.47. The summed E-state index contributed by atoms with van der Waals surface area (Å²) in [7, 11) is 0. The number of aromatic amines is 1. The molecule has 0 fully saturated rings. The number of aromatic nitrogens is 1. The van der Waals surface area contributed by atoms with E-state index in [2.05, 4.69) is 63.3 Å². The van der Waals surface area contributed by atoms with Crippen LogP contribution < -0.4 is 0 Å². The predicted octanol–water partition coefficient (Wildman–Crippen LogP) is 3.93. The van der Waals surface area contributed by atoms with Crippen molar-refractivity contribution in [1.82, 2.24) is 14.8 Å². The van der Waals surface area contributed by atoms with Gasteiger partial charge < -0.3 is 4.98 Å². The molecule has 0 spiro atoms. The Hall–Kier alpha value is -2.10. The molecule has 3 heteroatoms. The van der Waals surface area contributed by atoms with Gasteiger partial charge in [0.2, 0.25) is 0 Å². The number of para-hydroxylation sites is 1. The summed E-state index contributed by atoms with van der Waals surface area (Å²) in [4.78, 5) is 8.84. The number of hydrogen-bond acceptors (Lipinski definition) is 2. The van der Waals surface area contributed by atoms with Crippen molar-refractivity contribution in [2.45, 2.75) is 32.5 Å². The van der Waals surface area contributed by atoms with Gasteiger partial charge in [-0.2, -0.15) is 0 Å². The van der Waals surface area contributed by atoms with E-state index in [1.54, 1.807) is 5.56 Å². The van der Waals surface area contributed by atoms with Crippen LogP contribution in [0.4, 0.5) is 0 Å². The van der Waals surface area contributed by atoms with E-state index < -0.39 is 0 Å².